The predicted octanol–water partition coefficient (Wildman–Crippen LogP) is -0.244. The van der Waals surface area contributed by atoms with Crippen LogP contribution in [0.3, 0.4) is 0 Å². The summed E-state index contributed by atoms with van der Waals surface area (Å²) in [4.78, 5) is 9.21. The first-order valence-electron chi connectivity index (χ1n) is 1.37. The molecule has 6 heavy (non-hydrogen) atoms. The van der Waals surface area contributed by atoms with Gasteiger partial charge in [-0.15, -0.1) is 6.58 Å². The molecule has 35 valence electrons. The van der Waals surface area contributed by atoms with Crippen LogP contribution in [0, 0.1) is 0 Å². The van der Waals surface area contributed by atoms with Crippen molar-refractivity contribution in [2.75, 3.05) is 0 Å². The third kappa shape index (κ3) is 8.85. The normalized spacial score (nSPS) is 5.33. The number of carbonyl (C=O) groups excluding carboxylic acids is 1. The second kappa shape index (κ2) is 9.00. The molecular weight excluding hydrogens is 273 g/mol. The van der Waals surface area contributed by atoms with Gasteiger partial charge in [0.05, 0.1) is 0 Å². The van der Waals surface area contributed by atoms with E-state index in [1.54, 1.807) is 6.29 Å². The summed E-state index contributed by atoms with van der Waals surface area (Å²) in [6.07, 6.45) is 3.50. The molecule has 1 radical (unpaired) electrons. The van der Waals surface area contributed by atoms with Gasteiger partial charge in [-0.25, -0.2) is 0 Å². The first-order valence-corrected chi connectivity index (χ1v) is 1.37. The predicted molar refractivity (Wildman–Crippen MR) is 29.1 cm³/mol. The van der Waals surface area contributed by atoms with Crippen molar-refractivity contribution in [3.8, 4) is 0 Å². The molecule has 0 saturated heterocycles. The molecule has 0 fully saturated rings. The summed E-state index contributed by atoms with van der Waals surface area (Å²) in [6, 6.07) is 0. The van der Waals surface area contributed by atoms with Gasteiger partial charge in [-0.3, -0.25) is 4.79 Å². The molecule has 0 unspecified atom stereocenters. The van der Waals surface area contributed by atoms with Gasteiger partial charge < -0.3 is 0 Å². The van der Waals surface area contributed by atoms with Gasteiger partial charge in [-0.05, 0) is 0 Å². The van der Waals surface area contributed by atoms with E-state index >= 15 is 0 Å². The van der Waals surface area contributed by atoms with Crippen LogP contribution in [0.25, 0.3) is 0 Å². The molecule has 1 nitrogen and oxygen atoms in total. The Hall–Kier alpha value is 0.306. The molecule has 0 aromatic heterocycles. The summed E-state index contributed by atoms with van der Waals surface area (Å²) in [7, 11) is 0. The van der Waals surface area contributed by atoms with Crippen molar-refractivity contribution in [3.05, 3.63) is 12.7 Å². The Morgan fingerprint density at radius 1 is 1.83 bits per heavy atom. The van der Waals surface area contributed by atoms with Crippen molar-refractivity contribution < 1.29 is 4.79 Å². The van der Waals surface area contributed by atoms with Gasteiger partial charge in [0.15, 0.2) is 0 Å². The fourth-order valence-electron chi connectivity index (χ4n) is 0.0589. The molecule has 0 amide bonds. The van der Waals surface area contributed by atoms with Crippen LogP contribution in [0.2, 0.25) is 0 Å². The molecule has 0 aliphatic heterocycles. The van der Waals surface area contributed by atoms with Crippen LogP contribution in [0.5, 0.6) is 0 Å². The Balaban J connectivity index is 0. The maximum absolute atomic E-state index is 9.21. The average molecular weight is 280 g/mol. The van der Waals surface area contributed by atoms with E-state index in [-0.39, 0.29) is 26.6 Å². The van der Waals surface area contributed by atoms with E-state index in [1.807, 2.05) is 0 Å². The first kappa shape index (κ1) is 9.58. The summed E-state index contributed by atoms with van der Waals surface area (Å²) in [5, 5.41) is 0. The maximum atomic E-state index is 9.21. The quantitative estimate of drug-likeness (QED) is 0.638. The van der Waals surface area contributed by atoms with Gasteiger partial charge >= 0.3 is 26.6 Å². The van der Waals surface area contributed by atoms with Crippen molar-refractivity contribution in [3.63, 3.8) is 0 Å². The molecule has 0 aromatic rings. The fourth-order valence-corrected chi connectivity index (χ4v) is 0.0589. The van der Waals surface area contributed by atoms with Crippen LogP contribution in [0.1, 0.15) is 6.42 Å². The molecule has 0 aliphatic carbocycles. The van der Waals surface area contributed by atoms with Crippen LogP contribution in [0.4, 0.5) is 0 Å². The van der Waals surface area contributed by atoms with Gasteiger partial charge in [0.25, 0.3) is 0 Å². The molecule has 2 heteroatoms. The van der Waals surface area contributed by atoms with Gasteiger partial charge in [-0.2, -0.15) is 0 Å². The van der Waals surface area contributed by atoms with Crippen molar-refractivity contribution in [1.82, 2.24) is 0 Å². The summed E-state index contributed by atoms with van der Waals surface area (Å²) in [5.41, 5.74) is 0. The molecule has 0 heterocycles. The molecule has 0 aliphatic rings. The fraction of sp³-hybridized carbons (Fsp3) is 0.250. The Morgan fingerprint density at radius 2 is 2.33 bits per heavy atom. The summed E-state index contributed by atoms with van der Waals surface area (Å²) >= 11 is 0. The van der Waals surface area contributed by atoms with E-state index < -0.39 is 0 Å². The molecule has 0 atom stereocenters. The number of hydrogen-bond acceptors (Lipinski definition) is 1. The van der Waals surface area contributed by atoms with Crippen molar-refractivity contribution in [2.24, 2.45) is 0 Å². The molecule has 0 saturated carbocycles. The third-order valence-electron chi connectivity index (χ3n) is 0.228. The second-order valence-electron chi connectivity index (χ2n) is 0.637. The van der Waals surface area contributed by atoms with E-state index in [0.717, 1.165) is 0 Å². The Morgan fingerprint density at radius 3 is 2.33 bits per heavy atom. The number of hydrogen-bond donors (Lipinski definition) is 0. The topological polar surface area (TPSA) is 17.1 Å². The van der Waals surface area contributed by atoms with Crippen LogP contribution < -0.4 is 0 Å². The Kier molecular flexibility index (Phi) is 14.4. The first-order chi connectivity index (χ1) is 2.41. The van der Waals surface area contributed by atoms with E-state index in [2.05, 4.69) is 6.58 Å². The minimum absolute atomic E-state index is 0. The summed E-state index contributed by atoms with van der Waals surface area (Å²) < 4.78 is 0. The second-order valence-corrected chi connectivity index (χ2v) is 0.637. The molecule has 0 aromatic carbocycles. The number of allylic oxidation sites excluding steroid dienone is 1. The molecule has 0 bridgehead atoms. The molecule has 0 spiro atoms. The average Bonchev–Trinajstić information content (AvgIpc) is 1.41. The van der Waals surface area contributed by atoms with E-state index in [4.69, 9.17) is 0 Å². The van der Waals surface area contributed by atoms with Crippen LogP contribution >= 0.6 is 0 Å². The Bertz CT molecular complexity index is 36.8. The summed E-state index contributed by atoms with van der Waals surface area (Å²) in [6.45, 7) is 3.29. The molecule has 0 N–H and O–H groups in total. The van der Waals surface area contributed by atoms with Gasteiger partial charge in [-0.1, -0.05) is 6.08 Å². The van der Waals surface area contributed by atoms with Gasteiger partial charge in [0.2, 0.25) is 6.29 Å². The monoisotopic (exact) mass is 280 g/mol. The zero-order valence-corrected chi connectivity index (χ0v) is 7.29. The molecule has 0 rings (SSSR count). The van der Waals surface area contributed by atoms with E-state index in [0.29, 0.717) is 6.42 Å². The standard InChI is InChI=1S/C4H5O.Po.2H/c1-2-3-4-5;;;/h2H,1,3H2;;;. The van der Waals surface area contributed by atoms with Crippen LogP contribution in [0.15, 0.2) is 12.7 Å². The Labute approximate surface area is 56.9 Å². The summed E-state index contributed by atoms with van der Waals surface area (Å²) in [5.74, 6) is 0. The van der Waals surface area contributed by atoms with Crippen LogP contribution in [-0.4, -0.2) is 32.9 Å². The third-order valence-corrected chi connectivity index (χ3v) is 0.228. The van der Waals surface area contributed by atoms with Crippen molar-refractivity contribution in [2.45, 2.75) is 6.42 Å². The zero-order valence-electron chi connectivity index (χ0n) is 3.40. The molecular formula is C4H7OPo. The van der Waals surface area contributed by atoms with Crippen LogP contribution in [-0.2, 0) is 4.79 Å². The van der Waals surface area contributed by atoms with E-state index in [1.165, 1.54) is 6.08 Å². The van der Waals surface area contributed by atoms with Gasteiger partial charge in [0.1, 0.15) is 0 Å². The van der Waals surface area contributed by atoms with Gasteiger partial charge in [0, 0.05) is 6.42 Å². The minimum atomic E-state index is 0. The van der Waals surface area contributed by atoms with Crippen molar-refractivity contribution in [1.29, 1.82) is 0 Å². The SMILES string of the molecule is C=CC[C]=O.[PoH2]. The van der Waals surface area contributed by atoms with E-state index in [9.17, 15) is 4.79 Å². The van der Waals surface area contributed by atoms with Crippen molar-refractivity contribution >= 4 is 32.9 Å². The zero-order chi connectivity index (χ0) is 4.12. The number of rotatable bonds is 2.